The number of carbonyl (C=O) groups is 2. The number of hydrogen-bond donors (Lipinski definition) is 1. The van der Waals surface area contributed by atoms with E-state index in [0.29, 0.717) is 32.6 Å². The standard InChI is InChI=1S/C29H37N3O5/c1-36-26-12-11-23(18-27(26)37-25-9-5-6-10-25)30-15-16-32(24(20-30)17-21-7-3-2-4-8-21)29(35)31-14-13-22(19-31)28(33)34/h2-4,7-8,11-12,18,22,24-25H,5-6,9-10,13-17,19-20H2,1H3,(H,33,34). The highest BCUT2D eigenvalue weighted by atomic mass is 16.5. The Labute approximate surface area is 218 Å². The summed E-state index contributed by atoms with van der Waals surface area (Å²) >= 11 is 0. The molecule has 2 heterocycles. The average molecular weight is 508 g/mol. The minimum absolute atomic E-state index is 0.0335. The van der Waals surface area contributed by atoms with Crippen molar-refractivity contribution in [3.05, 3.63) is 54.1 Å². The maximum absolute atomic E-state index is 13.5. The summed E-state index contributed by atoms with van der Waals surface area (Å²) in [5.74, 6) is 0.223. The van der Waals surface area contributed by atoms with Gasteiger partial charge in [0, 0.05) is 44.5 Å². The number of rotatable bonds is 7. The molecule has 2 aliphatic heterocycles. The zero-order valence-electron chi connectivity index (χ0n) is 21.6. The number of carbonyl (C=O) groups excluding carboxylic acids is 1. The second-order valence-electron chi connectivity index (χ2n) is 10.4. The molecule has 2 saturated heterocycles. The number of likely N-dealkylation sites (tertiary alicyclic amines) is 1. The highest BCUT2D eigenvalue weighted by Gasteiger charge is 2.37. The van der Waals surface area contributed by atoms with Gasteiger partial charge in [-0.1, -0.05) is 30.3 Å². The lowest BCUT2D eigenvalue weighted by molar-refractivity contribution is -0.141. The van der Waals surface area contributed by atoms with Crippen LogP contribution in [-0.4, -0.2) is 78.9 Å². The summed E-state index contributed by atoms with van der Waals surface area (Å²) in [7, 11) is 1.67. The molecule has 2 aromatic carbocycles. The van der Waals surface area contributed by atoms with Gasteiger partial charge in [0.2, 0.25) is 0 Å². The zero-order valence-corrected chi connectivity index (χ0v) is 21.6. The van der Waals surface area contributed by atoms with E-state index in [0.717, 1.165) is 36.4 Å². The lowest BCUT2D eigenvalue weighted by Gasteiger charge is -2.44. The predicted octanol–water partition coefficient (Wildman–Crippen LogP) is 4.28. The first-order valence-corrected chi connectivity index (χ1v) is 13.4. The predicted molar refractivity (Wildman–Crippen MR) is 141 cm³/mol. The van der Waals surface area contributed by atoms with Crippen LogP contribution in [0.2, 0.25) is 0 Å². The molecule has 2 amide bonds. The van der Waals surface area contributed by atoms with Crippen LogP contribution in [0.1, 0.15) is 37.7 Å². The maximum atomic E-state index is 13.5. The third-order valence-corrected chi connectivity index (χ3v) is 7.96. The lowest BCUT2D eigenvalue weighted by Crippen LogP contribution is -2.59. The minimum Gasteiger partial charge on any atom is -0.493 e. The van der Waals surface area contributed by atoms with Crippen molar-refractivity contribution in [1.29, 1.82) is 0 Å². The third-order valence-electron chi connectivity index (χ3n) is 7.96. The highest BCUT2D eigenvalue weighted by Crippen LogP contribution is 2.36. The fourth-order valence-corrected chi connectivity index (χ4v) is 5.86. The Hall–Kier alpha value is -3.42. The van der Waals surface area contributed by atoms with Crippen LogP contribution < -0.4 is 14.4 Å². The Morgan fingerprint density at radius 2 is 1.73 bits per heavy atom. The fraction of sp³-hybridized carbons (Fsp3) is 0.517. The van der Waals surface area contributed by atoms with Crippen molar-refractivity contribution >= 4 is 17.7 Å². The molecular formula is C29H37N3O5. The SMILES string of the molecule is COc1ccc(N2CCN(C(=O)N3CCC(C(=O)O)C3)C(Cc3ccccc3)C2)cc1OC1CCCC1. The van der Waals surface area contributed by atoms with E-state index in [-0.39, 0.29) is 24.7 Å². The molecule has 0 aromatic heterocycles. The van der Waals surface area contributed by atoms with E-state index in [1.165, 1.54) is 18.4 Å². The van der Waals surface area contributed by atoms with Crippen molar-refractivity contribution < 1.29 is 24.2 Å². The molecule has 5 rings (SSSR count). The number of aliphatic carboxylic acids is 1. The summed E-state index contributed by atoms with van der Waals surface area (Å²) in [6.45, 7) is 2.74. The van der Waals surface area contributed by atoms with E-state index >= 15 is 0 Å². The Morgan fingerprint density at radius 1 is 0.946 bits per heavy atom. The Kier molecular flexibility index (Phi) is 7.72. The van der Waals surface area contributed by atoms with E-state index in [4.69, 9.17) is 9.47 Å². The lowest BCUT2D eigenvalue weighted by atomic mass is 10.0. The fourth-order valence-electron chi connectivity index (χ4n) is 5.86. The number of carboxylic acids is 1. The first-order chi connectivity index (χ1) is 18.0. The van der Waals surface area contributed by atoms with Gasteiger partial charge in [-0.2, -0.15) is 0 Å². The number of ether oxygens (including phenoxy) is 2. The molecule has 2 atom stereocenters. The first kappa shape index (κ1) is 25.2. The number of nitrogens with zero attached hydrogens (tertiary/aromatic N) is 3. The van der Waals surface area contributed by atoms with Gasteiger partial charge >= 0.3 is 12.0 Å². The van der Waals surface area contributed by atoms with Gasteiger partial charge in [0.1, 0.15) is 0 Å². The minimum atomic E-state index is -0.823. The summed E-state index contributed by atoms with van der Waals surface area (Å²) in [6.07, 6.45) is 6.04. The van der Waals surface area contributed by atoms with E-state index < -0.39 is 11.9 Å². The van der Waals surface area contributed by atoms with E-state index in [1.807, 2.05) is 29.2 Å². The van der Waals surface area contributed by atoms with Gasteiger partial charge in [-0.3, -0.25) is 4.79 Å². The molecule has 8 nitrogen and oxygen atoms in total. The summed E-state index contributed by atoms with van der Waals surface area (Å²) < 4.78 is 11.9. The second-order valence-corrected chi connectivity index (χ2v) is 10.4. The normalized spacial score (nSPS) is 22.4. The molecule has 1 aliphatic carbocycles. The van der Waals surface area contributed by atoms with Gasteiger partial charge in [-0.05, 0) is 56.2 Å². The van der Waals surface area contributed by atoms with Crippen molar-refractivity contribution in [1.82, 2.24) is 9.80 Å². The molecule has 3 fully saturated rings. The topological polar surface area (TPSA) is 82.6 Å². The molecule has 1 N–H and O–H groups in total. The Bertz CT molecular complexity index is 1090. The van der Waals surface area contributed by atoms with Crippen LogP contribution in [-0.2, 0) is 11.2 Å². The molecule has 198 valence electrons. The van der Waals surface area contributed by atoms with Crippen molar-refractivity contribution in [2.75, 3.05) is 44.7 Å². The highest BCUT2D eigenvalue weighted by molar-refractivity contribution is 5.78. The van der Waals surface area contributed by atoms with Crippen molar-refractivity contribution in [2.45, 2.75) is 50.7 Å². The zero-order chi connectivity index (χ0) is 25.8. The first-order valence-electron chi connectivity index (χ1n) is 13.4. The van der Waals surface area contributed by atoms with Crippen molar-refractivity contribution in [2.24, 2.45) is 5.92 Å². The van der Waals surface area contributed by atoms with E-state index in [1.54, 1.807) is 12.0 Å². The average Bonchev–Trinajstić information content (AvgIpc) is 3.62. The van der Waals surface area contributed by atoms with Gasteiger partial charge in [-0.15, -0.1) is 0 Å². The summed E-state index contributed by atoms with van der Waals surface area (Å²) in [5, 5.41) is 9.40. The van der Waals surface area contributed by atoms with Crippen LogP contribution in [0.3, 0.4) is 0 Å². The number of anilines is 1. The number of amides is 2. The number of methoxy groups -OCH3 is 1. The molecule has 1 saturated carbocycles. The van der Waals surface area contributed by atoms with Crippen molar-refractivity contribution in [3.8, 4) is 11.5 Å². The van der Waals surface area contributed by atoms with Crippen LogP contribution in [0.5, 0.6) is 11.5 Å². The van der Waals surface area contributed by atoms with E-state index in [2.05, 4.69) is 29.2 Å². The monoisotopic (exact) mass is 507 g/mol. The molecule has 8 heteroatoms. The van der Waals surface area contributed by atoms with Crippen LogP contribution in [0.15, 0.2) is 48.5 Å². The number of benzene rings is 2. The molecule has 3 aliphatic rings. The van der Waals surface area contributed by atoms with Gasteiger partial charge in [0.15, 0.2) is 11.5 Å². The maximum Gasteiger partial charge on any atom is 0.320 e. The Morgan fingerprint density at radius 3 is 2.43 bits per heavy atom. The van der Waals surface area contributed by atoms with Crippen LogP contribution in [0, 0.1) is 5.92 Å². The van der Waals surface area contributed by atoms with Gasteiger partial charge < -0.3 is 29.3 Å². The van der Waals surface area contributed by atoms with Crippen LogP contribution in [0.25, 0.3) is 0 Å². The van der Waals surface area contributed by atoms with Gasteiger partial charge in [0.25, 0.3) is 0 Å². The molecule has 2 unspecified atom stereocenters. The summed E-state index contributed by atoms with van der Waals surface area (Å²) in [4.78, 5) is 31.0. The Balaban J connectivity index is 1.35. The number of carboxylic acid groups (broad SMARTS) is 1. The number of hydrogen-bond acceptors (Lipinski definition) is 5. The number of urea groups is 1. The molecule has 0 radical (unpaired) electrons. The third kappa shape index (κ3) is 5.78. The van der Waals surface area contributed by atoms with Crippen molar-refractivity contribution in [3.63, 3.8) is 0 Å². The molecule has 37 heavy (non-hydrogen) atoms. The molecule has 0 bridgehead atoms. The summed E-state index contributed by atoms with van der Waals surface area (Å²) in [6, 6.07) is 16.3. The second kappa shape index (κ2) is 11.3. The van der Waals surface area contributed by atoms with Gasteiger partial charge in [-0.25, -0.2) is 4.79 Å². The summed E-state index contributed by atoms with van der Waals surface area (Å²) in [5.41, 5.74) is 2.24. The molecular weight excluding hydrogens is 470 g/mol. The van der Waals surface area contributed by atoms with Gasteiger partial charge in [0.05, 0.1) is 25.2 Å². The number of piperazine rings is 1. The quantitative estimate of drug-likeness (QED) is 0.603. The molecule has 2 aromatic rings. The molecule has 0 spiro atoms. The van der Waals surface area contributed by atoms with Crippen LogP contribution in [0.4, 0.5) is 10.5 Å². The van der Waals surface area contributed by atoms with E-state index in [9.17, 15) is 14.7 Å². The largest absolute Gasteiger partial charge is 0.493 e. The van der Waals surface area contributed by atoms with Crippen LogP contribution >= 0.6 is 0 Å². The smallest absolute Gasteiger partial charge is 0.320 e.